The molecular weight excluding hydrogens is 172 g/mol. The number of hydrogen-bond acceptors (Lipinski definition) is 1. The molecule has 0 saturated heterocycles. The van der Waals surface area contributed by atoms with Crippen LogP contribution in [0.4, 0.5) is 0 Å². The highest BCUT2D eigenvalue weighted by Crippen LogP contribution is 2.71. The highest BCUT2D eigenvalue weighted by atomic mass is 16.1. The Bertz CT molecular complexity index is 341. The van der Waals surface area contributed by atoms with Crippen LogP contribution in [-0.4, -0.2) is 5.78 Å². The van der Waals surface area contributed by atoms with Gasteiger partial charge in [-0.3, -0.25) is 4.79 Å². The normalized spacial score (nSPS) is 50.6. The Balaban J connectivity index is 2.22. The average Bonchev–Trinajstić information content (AvgIpc) is 2.69. The summed E-state index contributed by atoms with van der Waals surface area (Å²) >= 11 is 0. The summed E-state index contributed by atoms with van der Waals surface area (Å²) in [4.78, 5) is 12.2. The fourth-order valence-corrected chi connectivity index (χ4v) is 4.72. The van der Waals surface area contributed by atoms with Crippen LogP contribution in [0.1, 0.15) is 46.0 Å². The molecule has 1 nitrogen and oxygen atoms in total. The highest BCUT2D eigenvalue weighted by molar-refractivity contribution is 6.00. The molecular formula is C13H18O. The second-order valence-electron chi connectivity index (χ2n) is 5.54. The summed E-state index contributed by atoms with van der Waals surface area (Å²) in [6, 6.07) is 0. The quantitative estimate of drug-likeness (QED) is 0.573. The van der Waals surface area contributed by atoms with E-state index < -0.39 is 0 Å². The van der Waals surface area contributed by atoms with Gasteiger partial charge in [0.15, 0.2) is 5.78 Å². The van der Waals surface area contributed by atoms with Crippen molar-refractivity contribution in [1.82, 2.24) is 0 Å². The van der Waals surface area contributed by atoms with Gasteiger partial charge in [0.25, 0.3) is 0 Å². The van der Waals surface area contributed by atoms with Gasteiger partial charge in [-0.15, -0.1) is 0 Å². The van der Waals surface area contributed by atoms with Gasteiger partial charge >= 0.3 is 0 Å². The fraction of sp³-hybridized carbons (Fsp3) is 0.769. The van der Waals surface area contributed by atoms with E-state index in [-0.39, 0.29) is 5.41 Å². The molecule has 0 spiro atoms. The van der Waals surface area contributed by atoms with Crippen molar-refractivity contribution in [1.29, 1.82) is 0 Å². The minimum Gasteiger partial charge on any atom is -0.294 e. The maximum atomic E-state index is 12.2. The lowest BCUT2D eigenvalue weighted by Gasteiger charge is -2.37. The van der Waals surface area contributed by atoms with Crippen molar-refractivity contribution < 1.29 is 4.79 Å². The lowest BCUT2D eigenvalue weighted by molar-refractivity contribution is -0.127. The summed E-state index contributed by atoms with van der Waals surface area (Å²) in [6.45, 7) is 4.47. The third-order valence-electron chi connectivity index (χ3n) is 5.42. The monoisotopic (exact) mass is 190 g/mol. The predicted molar refractivity (Wildman–Crippen MR) is 55.9 cm³/mol. The maximum absolute atomic E-state index is 12.2. The number of hydrogen-bond donors (Lipinski definition) is 0. The van der Waals surface area contributed by atoms with Gasteiger partial charge in [-0.05, 0) is 44.6 Å². The fourth-order valence-electron chi connectivity index (χ4n) is 4.72. The van der Waals surface area contributed by atoms with Crippen molar-refractivity contribution >= 4 is 5.78 Å². The molecule has 0 amide bonds. The Morgan fingerprint density at radius 1 is 1.36 bits per heavy atom. The molecule has 3 atom stereocenters. The molecule has 3 rings (SSSR count). The predicted octanol–water partition coefficient (Wildman–Crippen LogP) is 3.10. The molecule has 3 aliphatic carbocycles. The molecule has 2 fully saturated rings. The molecule has 3 aliphatic rings. The molecule has 0 aromatic heterocycles. The smallest absolute Gasteiger partial charge is 0.162 e. The minimum atomic E-state index is 0.0527. The van der Waals surface area contributed by atoms with Gasteiger partial charge < -0.3 is 0 Å². The van der Waals surface area contributed by atoms with E-state index >= 15 is 0 Å². The molecule has 14 heavy (non-hydrogen) atoms. The van der Waals surface area contributed by atoms with E-state index in [9.17, 15) is 4.79 Å². The summed E-state index contributed by atoms with van der Waals surface area (Å²) in [5.41, 5.74) is 1.75. The maximum Gasteiger partial charge on any atom is 0.162 e. The van der Waals surface area contributed by atoms with Gasteiger partial charge in [-0.1, -0.05) is 18.9 Å². The molecule has 2 saturated carbocycles. The van der Waals surface area contributed by atoms with E-state index in [4.69, 9.17) is 0 Å². The summed E-state index contributed by atoms with van der Waals surface area (Å²) < 4.78 is 0. The van der Waals surface area contributed by atoms with Crippen molar-refractivity contribution in [3.63, 3.8) is 0 Å². The largest absolute Gasteiger partial charge is 0.294 e. The number of carbonyl (C=O) groups excluding carboxylic acids is 1. The van der Waals surface area contributed by atoms with Gasteiger partial charge in [0.2, 0.25) is 0 Å². The first kappa shape index (κ1) is 8.70. The van der Waals surface area contributed by atoms with Crippen LogP contribution in [0.25, 0.3) is 0 Å². The number of carbonyl (C=O) groups is 1. The minimum absolute atomic E-state index is 0.0527. The van der Waals surface area contributed by atoms with Crippen LogP contribution < -0.4 is 0 Å². The van der Waals surface area contributed by atoms with Gasteiger partial charge in [0.1, 0.15) is 0 Å². The topological polar surface area (TPSA) is 17.1 Å². The van der Waals surface area contributed by atoms with Crippen molar-refractivity contribution in [2.45, 2.75) is 46.0 Å². The van der Waals surface area contributed by atoms with Gasteiger partial charge in [-0.2, -0.15) is 0 Å². The van der Waals surface area contributed by atoms with Crippen LogP contribution in [0.15, 0.2) is 11.6 Å². The molecule has 0 radical (unpaired) electrons. The van der Waals surface area contributed by atoms with Gasteiger partial charge in [0, 0.05) is 10.8 Å². The van der Waals surface area contributed by atoms with Crippen molar-refractivity contribution in [2.75, 3.05) is 0 Å². The van der Waals surface area contributed by atoms with Crippen LogP contribution >= 0.6 is 0 Å². The molecule has 0 heterocycles. The lowest BCUT2D eigenvalue weighted by atomic mass is 9.64. The van der Waals surface area contributed by atoms with Crippen LogP contribution in [0.2, 0.25) is 0 Å². The summed E-state index contributed by atoms with van der Waals surface area (Å²) in [5, 5.41) is 0. The molecule has 0 unspecified atom stereocenters. The van der Waals surface area contributed by atoms with Crippen LogP contribution in [0.3, 0.4) is 0 Å². The zero-order valence-electron chi connectivity index (χ0n) is 9.10. The van der Waals surface area contributed by atoms with E-state index in [1.807, 2.05) is 6.08 Å². The molecule has 0 bridgehead atoms. The van der Waals surface area contributed by atoms with E-state index in [1.54, 1.807) is 0 Å². The SMILES string of the molecule is CC1=CC(=O)[C@]23CCC[C@@]12CC[C@@H]3C. The Morgan fingerprint density at radius 3 is 2.86 bits per heavy atom. The zero-order valence-corrected chi connectivity index (χ0v) is 9.10. The van der Waals surface area contributed by atoms with E-state index in [2.05, 4.69) is 13.8 Å². The zero-order chi connectivity index (χ0) is 9.97. The number of rotatable bonds is 0. The average molecular weight is 190 g/mol. The standard InChI is InChI=1S/C13H18O/c1-9-4-7-12-5-3-6-13(9,12)11(14)8-10(12)2/h8-9H,3-7H2,1-2H3/t9-,12+,13+/m0/s1. The molecule has 76 valence electrons. The van der Waals surface area contributed by atoms with E-state index in [0.717, 1.165) is 6.42 Å². The van der Waals surface area contributed by atoms with Crippen molar-refractivity contribution in [2.24, 2.45) is 16.7 Å². The van der Waals surface area contributed by atoms with Gasteiger partial charge in [0.05, 0.1) is 0 Å². The third kappa shape index (κ3) is 0.627. The molecule has 0 aromatic rings. The molecule has 0 aromatic carbocycles. The Hall–Kier alpha value is -0.590. The Kier molecular flexibility index (Phi) is 1.44. The van der Waals surface area contributed by atoms with Crippen LogP contribution in [0.5, 0.6) is 0 Å². The second kappa shape index (κ2) is 2.32. The number of allylic oxidation sites excluding steroid dienone is 2. The Labute approximate surface area is 85.6 Å². The van der Waals surface area contributed by atoms with Crippen molar-refractivity contribution in [3.8, 4) is 0 Å². The second-order valence-corrected chi connectivity index (χ2v) is 5.54. The molecule has 0 N–H and O–H groups in total. The summed E-state index contributed by atoms with van der Waals surface area (Å²) in [7, 11) is 0. The van der Waals surface area contributed by atoms with E-state index in [0.29, 0.717) is 17.1 Å². The first-order chi connectivity index (χ1) is 6.63. The van der Waals surface area contributed by atoms with Gasteiger partial charge in [-0.25, -0.2) is 0 Å². The first-order valence-electron chi connectivity index (χ1n) is 5.87. The summed E-state index contributed by atoms with van der Waals surface area (Å²) in [5.74, 6) is 1.07. The third-order valence-corrected chi connectivity index (χ3v) is 5.42. The highest BCUT2D eigenvalue weighted by Gasteiger charge is 2.67. The summed E-state index contributed by atoms with van der Waals surface area (Å²) in [6.07, 6.45) is 8.17. The van der Waals surface area contributed by atoms with Crippen LogP contribution in [-0.2, 0) is 4.79 Å². The van der Waals surface area contributed by atoms with Crippen molar-refractivity contribution in [3.05, 3.63) is 11.6 Å². The first-order valence-corrected chi connectivity index (χ1v) is 5.87. The van der Waals surface area contributed by atoms with Crippen LogP contribution in [0, 0.1) is 16.7 Å². The lowest BCUT2D eigenvalue weighted by Crippen LogP contribution is -2.38. The Morgan fingerprint density at radius 2 is 2.14 bits per heavy atom. The van der Waals surface area contributed by atoms with E-state index in [1.165, 1.54) is 31.3 Å². The number of ketones is 1. The molecule has 1 heteroatoms. The molecule has 0 aliphatic heterocycles.